The number of aromatic carboxylic acids is 1. The Kier molecular flexibility index (Phi) is 3.33. The molecule has 1 saturated heterocycles. The Morgan fingerprint density at radius 3 is 2.82 bits per heavy atom. The molecule has 1 atom stereocenters. The van der Waals surface area contributed by atoms with E-state index >= 15 is 0 Å². The number of aromatic nitrogens is 1. The third-order valence-corrected chi connectivity index (χ3v) is 3.83. The number of hydrogen-bond donors (Lipinski definition) is 1. The third-order valence-electron chi connectivity index (χ3n) is 2.62. The van der Waals surface area contributed by atoms with E-state index < -0.39 is 5.97 Å². The van der Waals surface area contributed by atoms with Gasteiger partial charge in [-0.3, -0.25) is 4.79 Å². The summed E-state index contributed by atoms with van der Waals surface area (Å²) in [5.41, 5.74) is 0.157. The smallest absolute Gasteiger partial charge is 0.337 e. The molecular formula is C11H12N2O3S. The van der Waals surface area contributed by atoms with Gasteiger partial charge in [0, 0.05) is 19.8 Å². The highest BCUT2D eigenvalue weighted by atomic mass is 32.2. The van der Waals surface area contributed by atoms with Crippen LogP contribution in [0.2, 0.25) is 0 Å². The van der Waals surface area contributed by atoms with E-state index in [-0.39, 0.29) is 16.7 Å². The summed E-state index contributed by atoms with van der Waals surface area (Å²) in [5, 5.41) is 9.32. The summed E-state index contributed by atoms with van der Waals surface area (Å²) in [7, 11) is 1.78. The van der Waals surface area contributed by atoms with Crippen LogP contribution in [0.3, 0.4) is 0 Å². The SMILES string of the molecule is CN1CCC(Sc2ccc(C(=O)O)cn2)C1=O. The molecule has 2 heterocycles. The van der Waals surface area contributed by atoms with Crippen LogP contribution in [-0.4, -0.2) is 45.7 Å². The second-order valence-electron chi connectivity index (χ2n) is 3.85. The molecule has 1 aromatic rings. The first-order valence-corrected chi connectivity index (χ1v) is 6.07. The number of carboxylic acid groups (broad SMARTS) is 1. The van der Waals surface area contributed by atoms with E-state index in [0.29, 0.717) is 5.03 Å². The van der Waals surface area contributed by atoms with Crippen LogP contribution in [-0.2, 0) is 4.79 Å². The monoisotopic (exact) mass is 252 g/mol. The lowest BCUT2D eigenvalue weighted by Gasteiger charge is -2.09. The molecule has 1 aliphatic rings. The lowest BCUT2D eigenvalue weighted by atomic mass is 10.3. The van der Waals surface area contributed by atoms with Gasteiger partial charge in [-0.1, -0.05) is 11.8 Å². The van der Waals surface area contributed by atoms with Crippen molar-refractivity contribution in [1.29, 1.82) is 0 Å². The van der Waals surface area contributed by atoms with E-state index in [1.54, 1.807) is 18.0 Å². The molecule has 1 fully saturated rings. The highest BCUT2D eigenvalue weighted by molar-refractivity contribution is 8.00. The molecule has 5 nitrogen and oxygen atoms in total. The van der Waals surface area contributed by atoms with Gasteiger partial charge in [-0.05, 0) is 18.6 Å². The van der Waals surface area contributed by atoms with E-state index in [2.05, 4.69) is 4.98 Å². The van der Waals surface area contributed by atoms with Crippen molar-refractivity contribution in [2.24, 2.45) is 0 Å². The lowest BCUT2D eigenvalue weighted by molar-refractivity contribution is -0.126. The summed E-state index contributed by atoms with van der Waals surface area (Å²) in [6, 6.07) is 3.14. The van der Waals surface area contributed by atoms with E-state index in [4.69, 9.17) is 5.11 Å². The van der Waals surface area contributed by atoms with Crippen LogP contribution in [0.5, 0.6) is 0 Å². The molecule has 90 valence electrons. The topological polar surface area (TPSA) is 70.5 Å². The fourth-order valence-electron chi connectivity index (χ4n) is 1.62. The number of thioether (sulfide) groups is 1. The van der Waals surface area contributed by atoms with E-state index in [1.807, 2.05) is 0 Å². The van der Waals surface area contributed by atoms with Crippen molar-refractivity contribution in [1.82, 2.24) is 9.88 Å². The van der Waals surface area contributed by atoms with Crippen LogP contribution < -0.4 is 0 Å². The Bertz CT molecular complexity index is 447. The maximum Gasteiger partial charge on any atom is 0.337 e. The van der Waals surface area contributed by atoms with Crippen LogP contribution in [0.1, 0.15) is 16.8 Å². The first-order valence-electron chi connectivity index (χ1n) is 5.19. The summed E-state index contributed by atoms with van der Waals surface area (Å²) >= 11 is 1.39. The van der Waals surface area contributed by atoms with Crippen molar-refractivity contribution in [3.05, 3.63) is 23.9 Å². The lowest BCUT2D eigenvalue weighted by Crippen LogP contribution is -2.23. The maximum absolute atomic E-state index is 11.7. The number of rotatable bonds is 3. The van der Waals surface area contributed by atoms with E-state index in [9.17, 15) is 9.59 Å². The highest BCUT2D eigenvalue weighted by Crippen LogP contribution is 2.28. The molecule has 0 saturated carbocycles. The van der Waals surface area contributed by atoms with Gasteiger partial charge in [0.05, 0.1) is 15.8 Å². The fraction of sp³-hybridized carbons (Fsp3) is 0.364. The van der Waals surface area contributed by atoms with Crippen molar-refractivity contribution >= 4 is 23.6 Å². The molecule has 0 aromatic carbocycles. The number of pyridine rings is 1. The van der Waals surface area contributed by atoms with Crippen molar-refractivity contribution < 1.29 is 14.7 Å². The summed E-state index contributed by atoms with van der Waals surface area (Å²) in [6.07, 6.45) is 2.12. The quantitative estimate of drug-likeness (QED) is 0.872. The van der Waals surface area contributed by atoms with Gasteiger partial charge >= 0.3 is 5.97 Å². The van der Waals surface area contributed by atoms with E-state index in [1.165, 1.54) is 24.0 Å². The molecule has 0 bridgehead atoms. The van der Waals surface area contributed by atoms with Crippen LogP contribution in [0.4, 0.5) is 0 Å². The van der Waals surface area contributed by atoms with E-state index in [0.717, 1.165) is 13.0 Å². The molecule has 1 aliphatic heterocycles. The Balaban J connectivity index is 2.04. The zero-order valence-electron chi connectivity index (χ0n) is 9.29. The third kappa shape index (κ3) is 2.58. The Hall–Kier alpha value is -1.56. The normalized spacial score (nSPS) is 19.7. The molecule has 1 unspecified atom stereocenters. The standard InChI is InChI=1S/C11H12N2O3S/c1-13-5-4-8(10(13)14)17-9-3-2-7(6-12-9)11(15)16/h2-3,6,8H,4-5H2,1H3,(H,15,16). The van der Waals surface area contributed by atoms with Crippen LogP contribution in [0.15, 0.2) is 23.4 Å². The van der Waals surface area contributed by atoms with Gasteiger partial charge in [-0.15, -0.1) is 0 Å². The Labute approximate surface area is 103 Å². The molecule has 1 N–H and O–H groups in total. The minimum atomic E-state index is -0.995. The number of hydrogen-bond acceptors (Lipinski definition) is 4. The molecule has 0 radical (unpaired) electrons. The maximum atomic E-state index is 11.7. The first kappa shape index (κ1) is 11.9. The molecule has 1 aromatic heterocycles. The Morgan fingerprint density at radius 1 is 1.59 bits per heavy atom. The molecule has 0 spiro atoms. The highest BCUT2D eigenvalue weighted by Gasteiger charge is 2.30. The summed E-state index contributed by atoms with van der Waals surface area (Å²) < 4.78 is 0. The number of carboxylic acids is 1. The predicted octanol–water partition coefficient (Wildman–Crippen LogP) is 1.10. The molecule has 0 aliphatic carbocycles. The van der Waals surface area contributed by atoms with Crippen LogP contribution >= 0.6 is 11.8 Å². The average Bonchev–Trinajstić information content (AvgIpc) is 2.62. The summed E-state index contributed by atoms with van der Waals surface area (Å²) in [4.78, 5) is 28.0. The van der Waals surface area contributed by atoms with Gasteiger partial charge in [-0.25, -0.2) is 9.78 Å². The second kappa shape index (κ2) is 4.75. The molecular weight excluding hydrogens is 240 g/mol. The fourth-order valence-corrected chi connectivity index (χ4v) is 2.68. The van der Waals surface area contributed by atoms with Crippen molar-refractivity contribution in [3.8, 4) is 0 Å². The minimum absolute atomic E-state index is 0.0943. The molecule has 17 heavy (non-hydrogen) atoms. The van der Waals surface area contributed by atoms with Gasteiger partial charge in [0.2, 0.25) is 5.91 Å². The van der Waals surface area contributed by atoms with Crippen LogP contribution in [0, 0.1) is 0 Å². The number of nitrogens with zero attached hydrogens (tertiary/aromatic N) is 2. The zero-order valence-corrected chi connectivity index (χ0v) is 10.1. The van der Waals surface area contributed by atoms with Gasteiger partial charge in [0.1, 0.15) is 0 Å². The molecule has 2 rings (SSSR count). The largest absolute Gasteiger partial charge is 0.478 e. The number of likely N-dealkylation sites (tertiary alicyclic amines) is 1. The van der Waals surface area contributed by atoms with Gasteiger partial charge in [0.15, 0.2) is 0 Å². The minimum Gasteiger partial charge on any atom is -0.478 e. The van der Waals surface area contributed by atoms with Gasteiger partial charge in [0.25, 0.3) is 0 Å². The summed E-state index contributed by atoms with van der Waals surface area (Å²) in [5.74, 6) is -0.884. The van der Waals surface area contributed by atoms with Crippen molar-refractivity contribution in [2.45, 2.75) is 16.7 Å². The second-order valence-corrected chi connectivity index (χ2v) is 5.07. The van der Waals surface area contributed by atoms with Gasteiger partial charge < -0.3 is 10.0 Å². The first-order chi connectivity index (χ1) is 8.08. The average molecular weight is 252 g/mol. The predicted molar refractivity (Wildman–Crippen MR) is 63.1 cm³/mol. The van der Waals surface area contributed by atoms with Crippen molar-refractivity contribution in [2.75, 3.05) is 13.6 Å². The number of carbonyl (C=O) groups is 2. The van der Waals surface area contributed by atoms with Gasteiger partial charge in [-0.2, -0.15) is 0 Å². The molecule has 6 heteroatoms. The zero-order chi connectivity index (χ0) is 12.4. The Morgan fingerprint density at radius 2 is 2.35 bits per heavy atom. The summed E-state index contributed by atoms with van der Waals surface area (Å²) in [6.45, 7) is 0.768. The van der Waals surface area contributed by atoms with Crippen LogP contribution in [0.25, 0.3) is 0 Å². The molecule has 1 amide bonds. The number of amides is 1. The number of carbonyl (C=O) groups excluding carboxylic acids is 1. The van der Waals surface area contributed by atoms with Crippen molar-refractivity contribution in [3.63, 3.8) is 0 Å².